The smallest absolute Gasteiger partial charge is 0.323 e. The van der Waals surface area contributed by atoms with E-state index in [4.69, 9.17) is 17.3 Å². The van der Waals surface area contributed by atoms with Crippen molar-refractivity contribution in [3.63, 3.8) is 0 Å². The molecule has 0 unspecified atom stereocenters. The topological polar surface area (TPSA) is 74.8 Å². The van der Waals surface area contributed by atoms with Gasteiger partial charge < -0.3 is 10.2 Å². The van der Waals surface area contributed by atoms with E-state index in [1.165, 1.54) is 15.9 Å². The Morgan fingerprint density at radius 2 is 2.14 bits per heavy atom. The molecule has 2 heterocycles. The van der Waals surface area contributed by atoms with Gasteiger partial charge in [-0.05, 0) is 30.8 Å². The standard InChI is InChI=1S/C15H12N2O3S2/c1-8(10-6-16-11-5-3-2-4-9(10)11)13-14(20)17(7-12(18)19)15(21)22-13/h2-6,20H,7H2,1H3,(H,18,19). The van der Waals surface area contributed by atoms with Crippen molar-refractivity contribution >= 4 is 52.6 Å². The molecular weight excluding hydrogens is 320 g/mol. The summed E-state index contributed by atoms with van der Waals surface area (Å²) in [6.07, 6.45) is 1.75. The Kier molecular flexibility index (Phi) is 3.67. The molecule has 0 atom stereocenters. The van der Waals surface area contributed by atoms with Crippen molar-refractivity contribution in [1.82, 2.24) is 4.57 Å². The van der Waals surface area contributed by atoms with Crippen LogP contribution in [-0.2, 0) is 11.3 Å². The van der Waals surface area contributed by atoms with E-state index in [0.29, 0.717) is 8.83 Å². The number of carboxylic acid groups (broad SMARTS) is 1. The molecule has 1 aliphatic rings. The summed E-state index contributed by atoms with van der Waals surface area (Å²) in [5, 5.41) is 19.2. The molecular formula is C15H12N2O3S2. The predicted octanol–water partition coefficient (Wildman–Crippen LogP) is 3.72. The van der Waals surface area contributed by atoms with Crippen LogP contribution in [0, 0.1) is 3.95 Å². The number of thiazole rings is 1. The van der Waals surface area contributed by atoms with E-state index in [2.05, 4.69) is 4.99 Å². The van der Waals surface area contributed by atoms with E-state index >= 15 is 0 Å². The largest absolute Gasteiger partial charge is 0.493 e. The summed E-state index contributed by atoms with van der Waals surface area (Å²) >= 11 is 6.35. The number of aliphatic carboxylic acids is 1. The van der Waals surface area contributed by atoms with Crippen LogP contribution in [0.15, 0.2) is 29.3 Å². The van der Waals surface area contributed by atoms with Crippen LogP contribution in [0.1, 0.15) is 17.4 Å². The number of fused-ring (bicyclic) bond motifs is 1. The lowest BCUT2D eigenvalue weighted by atomic mass is 10.0. The van der Waals surface area contributed by atoms with Crippen LogP contribution >= 0.6 is 23.6 Å². The molecule has 0 saturated heterocycles. The number of aromatic nitrogens is 1. The number of carboxylic acids is 1. The minimum atomic E-state index is -1.05. The highest BCUT2D eigenvalue weighted by Crippen LogP contribution is 2.40. The van der Waals surface area contributed by atoms with Gasteiger partial charge in [0.1, 0.15) is 6.54 Å². The highest BCUT2D eigenvalue weighted by molar-refractivity contribution is 7.73. The first-order valence-corrected chi connectivity index (χ1v) is 7.70. The molecule has 0 spiro atoms. The number of carbonyl (C=O) groups is 1. The molecule has 112 valence electrons. The number of hydrogen-bond donors (Lipinski definition) is 2. The molecule has 1 aliphatic heterocycles. The number of aliphatic imine (C=N–C) groups is 1. The summed E-state index contributed by atoms with van der Waals surface area (Å²) in [5.41, 5.74) is 3.60. The number of nitrogens with zero attached hydrogens (tertiary/aromatic N) is 2. The maximum atomic E-state index is 10.9. The summed E-state index contributed by atoms with van der Waals surface area (Å²) in [4.78, 5) is 15.8. The van der Waals surface area contributed by atoms with Gasteiger partial charge in [0.05, 0.1) is 10.6 Å². The molecule has 2 N–H and O–H groups in total. The van der Waals surface area contributed by atoms with Crippen molar-refractivity contribution in [3.8, 4) is 5.88 Å². The first-order valence-electron chi connectivity index (χ1n) is 6.48. The summed E-state index contributed by atoms with van der Waals surface area (Å²) in [5.74, 6) is -1.16. The van der Waals surface area contributed by atoms with E-state index in [-0.39, 0.29) is 12.4 Å². The third-order valence-corrected chi connectivity index (χ3v) is 4.99. The fraction of sp³-hybridized carbons (Fsp3) is 0.133. The third-order valence-electron chi connectivity index (χ3n) is 3.43. The van der Waals surface area contributed by atoms with Gasteiger partial charge in [0.25, 0.3) is 0 Å². The van der Waals surface area contributed by atoms with E-state index < -0.39 is 5.97 Å². The molecule has 0 saturated carbocycles. The van der Waals surface area contributed by atoms with E-state index in [1.807, 2.05) is 31.2 Å². The molecule has 22 heavy (non-hydrogen) atoms. The molecule has 5 nitrogen and oxygen atoms in total. The van der Waals surface area contributed by atoms with E-state index in [9.17, 15) is 9.90 Å². The highest BCUT2D eigenvalue weighted by atomic mass is 32.1. The SMILES string of the molecule is CC(=C1C=Nc2ccccc21)c1sc(=S)n(CC(=O)O)c1O. The number of para-hydroxylation sites is 1. The van der Waals surface area contributed by atoms with Gasteiger partial charge in [-0.25, -0.2) is 0 Å². The first-order chi connectivity index (χ1) is 10.5. The molecule has 3 rings (SSSR count). The van der Waals surface area contributed by atoms with Crippen molar-refractivity contribution in [2.45, 2.75) is 13.5 Å². The Balaban J connectivity index is 2.13. The van der Waals surface area contributed by atoms with Gasteiger partial charge >= 0.3 is 5.97 Å². The Hall–Kier alpha value is -2.25. The molecule has 0 fully saturated rings. The minimum Gasteiger partial charge on any atom is -0.493 e. The van der Waals surface area contributed by atoms with Gasteiger partial charge in [0, 0.05) is 17.4 Å². The van der Waals surface area contributed by atoms with Crippen molar-refractivity contribution in [2.24, 2.45) is 4.99 Å². The molecule has 0 radical (unpaired) electrons. The average Bonchev–Trinajstić information content (AvgIpc) is 3.03. The third kappa shape index (κ3) is 2.38. The van der Waals surface area contributed by atoms with Crippen LogP contribution in [0.3, 0.4) is 0 Å². The van der Waals surface area contributed by atoms with Gasteiger partial charge in [-0.15, -0.1) is 11.3 Å². The zero-order valence-corrected chi connectivity index (χ0v) is 13.2. The summed E-state index contributed by atoms with van der Waals surface area (Å²) in [7, 11) is 0. The maximum Gasteiger partial charge on any atom is 0.323 e. The molecule has 1 aromatic heterocycles. The molecule has 0 bridgehead atoms. The van der Waals surface area contributed by atoms with Gasteiger partial charge in [0.2, 0.25) is 5.88 Å². The molecule has 2 aromatic rings. The zero-order valence-electron chi connectivity index (χ0n) is 11.6. The predicted molar refractivity (Wildman–Crippen MR) is 89.5 cm³/mol. The van der Waals surface area contributed by atoms with Crippen LogP contribution in [0.4, 0.5) is 5.69 Å². The lowest BCUT2D eigenvalue weighted by Gasteiger charge is -2.06. The monoisotopic (exact) mass is 332 g/mol. The van der Waals surface area contributed by atoms with Crippen LogP contribution in [0.5, 0.6) is 5.88 Å². The number of rotatable bonds is 3. The second-order valence-corrected chi connectivity index (χ2v) is 6.46. The van der Waals surface area contributed by atoms with Crippen molar-refractivity contribution in [3.05, 3.63) is 38.7 Å². The fourth-order valence-corrected chi connectivity index (χ4v) is 3.66. The van der Waals surface area contributed by atoms with Crippen LogP contribution < -0.4 is 0 Å². The Morgan fingerprint density at radius 3 is 2.86 bits per heavy atom. The second kappa shape index (κ2) is 5.51. The number of aromatic hydroxyl groups is 1. The lowest BCUT2D eigenvalue weighted by molar-refractivity contribution is -0.137. The normalized spacial score (nSPS) is 15.0. The lowest BCUT2D eigenvalue weighted by Crippen LogP contribution is -2.08. The summed E-state index contributed by atoms with van der Waals surface area (Å²) in [6.45, 7) is 1.52. The van der Waals surface area contributed by atoms with Crippen molar-refractivity contribution < 1.29 is 15.0 Å². The maximum absolute atomic E-state index is 10.9. The van der Waals surface area contributed by atoms with Crippen LogP contribution in [-0.4, -0.2) is 27.0 Å². The van der Waals surface area contributed by atoms with Gasteiger partial charge in [-0.1, -0.05) is 18.2 Å². The fourth-order valence-electron chi connectivity index (χ4n) is 2.35. The quantitative estimate of drug-likeness (QED) is 0.840. The van der Waals surface area contributed by atoms with E-state index in [0.717, 1.165) is 22.4 Å². The number of hydrogen-bond acceptors (Lipinski definition) is 5. The summed E-state index contributed by atoms with van der Waals surface area (Å²) < 4.78 is 1.55. The Bertz CT molecular complexity index is 890. The first kappa shape index (κ1) is 14.7. The molecule has 0 aliphatic carbocycles. The number of benzene rings is 1. The van der Waals surface area contributed by atoms with Crippen LogP contribution in [0.25, 0.3) is 11.1 Å². The number of allylic oxidation sites excluding steroid dienone is 2. The van der Waals surface area contributed by atoms with Gasteiger partial charge in [0.15, 0.2) is 3.95 Å². The van der Waals surface area contributed by atoms with E-state index in [1.54, 1.807) is 6.21 Å². The minimum absolute atomic E-state index is 0.111. The van der Waals surface area contributed by atoms with Gasteiger partial charge in [-0.3, -0.25) is 14.4 Å². The average molecular weight is 332 g/mol. The Labute approximate surface area is 135 Å². The summed E-state index contributed by atoms with van der Waals surface area (Å²) in [6, 6.07) is 7.73. The second-order valence-electron chi connectivity index (χ2n) is 4.81. The van der Waals surface area contributed by atoms with Crippen LogP contribution in [0.2, 0.25) is 0 Å². The Morgan fingerprint density at radius 1 is 1.41 bits per heavy atom. The molecule has 1 aromatic carbocycles. The van der Waals surface area contributed by atoms with Crippen molar-refractivity contribution in [2.75, 3.05) is 0 Å². The van der Waals surface area contributed by atoms with Gasteiger partial charge in [-0.2, -0.15) is 0 Å². The molecule has 7 heteroatoms. The molecule has 0 amide bonds. The van der Waals surface area contributed by atoms with Crippen molar-refractivity contribution in [1.29, 1.82) is 0 Å². The zero-order chi connectivity index (χ0) is 15.9. The highest BCUT2D eigenvalue weighted by Gasteiger charge is 2.20.